The predicted molar refractivity (Wildman–Crippen MR) is 117 cm³/mol. The first kappa shape index (κ1) is 29.0. The van der Waals surface area contributed by atoms with Crippen molar-refractivity contribution in [1.82, 2.24) is 0 Å². The lowest BCUT2D eigenvalue weighted by molar-refractivity contribution is -0.140. The van der Waals surface area contributed by atoms with Crippen LogP contribution in [-0.4, -0.2) is 17.9 Å². The Morgan fingerprint density at radius 3 is 2.19 bits per heavy atom. The molecular weight excluding hydrogens is 542 g/mol. The van der Waals surface area contributed by atoms with Crippen LogP contribution in [0.3, 0.4) is 0 Å². The summed E-state index contributed by atoms with van der Waals surface area (Å²) in [5.74, 6) is -10.0. The molecule has 1 saturated carbocycles. The maximum absolute atomic E-state index is 14.8. The first-order valence-corrected chi connectivity index (χ1v) is 11.4. The molecule has 37 heavy (non-hydrogen) atoms. The van der Waals surface area contributed by atoms with Crippen molar-refractivity contribution in [3.05, 3.63) is 75.6 Å². The molecule has 0 N–H and O–H groups in total. The van der Waals surface area contributed by atoms with E-state index < -0.39 is 94.1 Å². The zero-order valence-corrected chi connectivity index (χ0v) is 19.6. The average molecular weight is 561 g/mol. The Labute approximate surface area is 210 Å². The number of benzene rings is 2. The van der Waals surface area contributed by atoms with Crippen LogP contribution < -0.4 is 0 Å². The summed E-state index contributed by atoms with van der Waals surface area (Å²) >= 11 is 5.46. The molecule has 0 aliphatic heterocycles. The maximum atomic E-state index is 14.8. The standard InChI is InChI=1S/C25H19ClF10O/c26-19-4-2-14(11-21(19)28)17(24(31,32)33)12-20(27)15-1-3-16(18(10-15)25(34,35)36)22(37)9-13-5-7-23(29,30)8-6-13/h1-4,10-13,17H,5-9H2/b20-12-. The normalized spacial score (nSPS) is 18.1. The van der Waals surface area contributed by atoms with E-state index in [0.29, 0.717) is 12.1 Å². The molecule has 1 atom stereocenters. The van der Waals surface area contributed by atoms with Crippen LogP contribution in [0.5, 0.6) is 0 Å². The van der Waals surface area contributed by atoms with Gasteiger partial charge < -0.3 is 0 Å². The third-order valence-corrected chi connectivity index (χ3v) is 6.49. The van der Waals surface area contributed by atoms with Gasteiger partial charge in [-0.05, 0) is 48.6 Å². The molecule has 0 radical (unpaired) electrons. The van der Waals surface area contributed by atoms with Crippen LogP contribution in [-0.2, 0) is 6.18 Å². The fourth-order valence-electron chi connectivity index (χ4n) is 4.17. The van der Waals surface area contributed by atoms with Crippen molar-refractivity contribution in [2.75, 3.05) is 0 Å². The minimum absolute atomic E-state index is 0.00185. The lowest BCUT2D eigenvalue weighted by Crippen LogP contribution is -2.26. The van der Waals surface area contributed by atoms with Crippen LogP contribution in [0, 0.1) is 11.7 Å². The molecule has 1 fully saturated rings. The van der Waals surface area contributed by atoms with E-state index in [1.54, 1.807) is 0 Å². The summed E-state index contributed by atoms with van der Waals surface area (Å²) in [4.78, 5) is 12.6. The van der Waals surface area contributed by atoms with Crippen molar-refractivity contribution in [1.29, 1.82) is 0 Å². The molecule has 0 amide bonds. The molecule has 1 aliphatic carbocycles. The smallest absolute Gasteiger partial charge is 0.294 e. The van der Waals surface area contributed by atoms with Crippen molar-refractivity contribution < 1.29 is 48.7 Å². The SMILES string of the molecule is O=C(CC1CCC(F)(F)CC1)c1ccc(/C(F)=C/C(c2ccc(Cl)c(F)c2)C(F)(F)F)cc1C(F)(F)F. The predicted octanol–water partition coefficient (Wildman–Crippen LogP) is 9.55. The first-order valence-electron chi connectivity index (χ1n) is 11.0. The second-order valence-electron chi connectivity index (χ2n) is 8.89. The number of halogens is 11. The van der Waals surface area contributed by atoms with E-state index >= 15 is 0 Å². The van der Waals surface area contributed by atoms with Gasteiger partial charge in [-0.25, -0.2) is 17.6 Å². The molecule has 3 rings (SSSR count). The summed E-state index contributed by atoms with van der Waals surface area (Å²) in [6, 6.07) is 3.65. The number of alkyl halides is 8. The summed E-state index contributed by atoms with van der Waals surface area (Å²) in [6.45, 7) is 0. The van der Waals surface area contributed by atoms with Crippen LogP contribution >= 0.6 is 11.6 Å². The van der Waals surface area contributed by atoms with E-state index in [1.165, 1.54) is 0 Å². The molecular formula is C25H19ClF10O. The largest absolute Gasteiger partial charge is 0.417 e. The first-order chi connectivity index (χ1) is 17.0. The van der Waals surface area contributed by atoms with Gasteiger partial charge in [-0.3, -0.25) is 4.79 Å². The summed E-state index contributed by atoms with van der Waals surface area (Å²) in [6.07, 6.45) is -11.8. The Hall–Kier alpha value is -2.56. The zero-order valence-electron chi connectivity index (χ0n) is 18.8. The van der Waals surface area contributed by atoms with Crippen LogP contribution in [0.4, 0.5) is 43.9 Å². The number of rotatable bonds is 6. The highest BCUT2D eigenvalue weighted by atomic mass is 35.5. The van der Waals surface area contributed by atoms with E-state index in [-0.39, 0.29) is 25.0 Å². The molecule has 0 saturated heterocycles. The highest BCUT2D eigenvalue weighted by Gasteiger charge is 2.41. The van der Waals surface area contributed by atoms with Crippen molar-refractivity contribution in [2.45, 2.75) is 56.3 Å². The second-order valence-corrected chi connectivity index (χ2v) is 9.30. The number of hydrogen-bond acceptors (Lipinski definition) is 1. The van der Waals surface area contributed by atoms with Crippen LogP contribution in [0.25, 0.3) is 5.83 Å². The van der Waals surface area contributed by atoms with Crippen molar-refractivity contribution in [2.24, 2.45) is 5.92 Å². The van der Waals surface area contributed by atoms with Gasteiger partial charge in [-0.15, -0.1) is 0 Å². The molecule has 0 heterocycles. The van der Waals surface area contributed by atoms with E-state index in [4.69, 9.17) is 11.6 Å². The summed E-state index contributed by atoms with van der Waals surface area (Å²) in [5, 5.41) is -0.480. The van der Waals surface area contributed by atoms with Crippen molar-refractivity contribution in [3.63, 3.8) is 0 Å². The van der Waals surface area contributed by atoms with Gasteiger partial charge in [0.1, 0.15) is 17.6 Å². The Bertz CT molecular complexity index is 1170. The molecule has 0 bridgehead atoms. The summed E-state index contributed by atoms with van der Waals surface area (Å²) in [5.41, 5.74) is -4.02. The van der Waals surface area contributed by atoms with Gasteiger partial charge in [-0.1, -0.05) is 29.8 Å². The lowest BCUT2D eigenvalue weighted by Gasteiger charge is -2.28. The Balaban J connectivity index is 1.94. The van der Waals surface area contributed by atoms with Crippen molar-refractivity contribution in [3.8, 4) is 0 Å². The van der Waals surface area contributed by atoms with E-state index in [1.807, 2.05) is 0 Å². The molecule has 1 nitrogen and oxygen atoms in total. The van der Waals surface area contributed by atoms with Gasteiger partial charge in [0.2, 0.25) is 5.92 Å². The van der Waals surface area contributed by atoms with Crippen LogP contribution in [0.2, 0.25) is 5.02 Å². The summed E-state index contributed by atoms with van der Waals surface area (Å²) in [7, 11) is 0. The molecule has 12 heteroatoms. The van der Waals surface area contributed by atoms with E-state index in [0.717, 1.165) is 18.2 Å². The number of carbonyl (C=O) groups excluding carboxylic acids is 1. The Morgan fingerprint density at radius 2 is 1.65 bits per heavy atom. The van der Waals surface area contributed by atoms with Gasteiger partial charge in [0.25, 0.3) is 0 Å². The number of ketones is 1. The van der Waals surface area contributed by atoms with E-state index in [2.05, 4.69) is 0 Å². The van der Waals surface area contributed by atoms with Gasteiger partial charge in [-0.2, -0.15) is 26.3 Å². The van der Waals surface area contributed by atoms with Crippen LogP contribution in [0.15, 0.2) is 42.5 Å². The fraction of sp³-hybridized carbons (Fsp3) is 0.400. The van der Waals surface area contributed by atoms with Crippen LogP contribution in [0.1, 0.15) is 65.1 Å². The average Bonchev–Trinajstić information content (AvgIpc) is 2.79. The van der Waals surface area contributed by atoms with E-state index in [9.17, 15) is 48.7 Å². The lowest BCUT2D eigenvalue weighted by atomic mass is 9.82. The zero-order chi connectivity index (χ0) is 27.8. The van der Waals surface area contributed by atoms with Gasteiger partial charge >= 0.3 is 12.4 Å². The topological polar surface area (TPSA) is 17.1 Å². The van der Waals surface area contributed by atoms with Gasteiger partial charge in [0.15, 0.2) is 5.78 Å². The second kappa shape index (κ2) is 10.7. The van der Waals surface area contributed by atoms with Gasteiger partial charge in [0, 0.05) is 30.4 Å². The summed E-state index contributed by atoms with van der Waals surface area (Å²) < 4.78 is 137. The molecule has 2 aromatic rings. The van der Waals surface area contributed by atoms with Crippen molar-refractivity contribution >= 4 is 23.2 Å². The Kier molecular flexibility index (Phi) is 8.36. The number of allylic oxidation sites excluding steroid dienone is 1. The Morgan fingerprint density at radius 1 is 1.03 bits per heavy atom. The monoisotopic (exact) mass is 560 g/mol. The maximum Gasteiger partial charge on any atom is 0.417 e. The number of Topliss-reactive ketones (excluding diaryl/α,β-unsaturated/α-hetero) is 1. The highest BCUT2D eigenvalue weighted by molar-refractivity contribution is 6.30. The quantitative estimate of drug-likeness (QED) is 0.254. The minimum Gasteiger partial charge on any atom is -0.294 e. The molecule has 1 aliphatic rings. The third kappa shape index (κ3) is 7.27. The molecule has 0 spiro atoms. The molecule has 1 unspecified atom stereocenters. The fourth-order valence-corrected chi connectivity index (χ4v) is 4.29. The number of carbonyl (C=O) groups is 1. The molecule has 202 valence electrons. The van der Waals surface area contributed by atoms with Gasteiger partial charge in [0.05, 0.1) is 10.6 Å². The highest BCUT2D eigenvalue weighted by Crippen LogP contribution is 2.42. The minimum atomic E-state index is -5.16. The number of hydrogen-bond donors (Lipinski definition) is 0. The third-order valence-electron chi connectivity index (χ3n) is 6.18. The molecule has 0 aromatic heterocycles. The molecule has 2 aromatic carbocycles.